The zero-order valence-electron chi connectivity index (χ0n) is 11.3. The largest absolute Gasteiger partial charge is 0.327 e. The van der Waals surface area contributed by atoms with Crippen molar-refractivity contribution >= 4 is 9.84 Å². The lowest BCUT2D eigenvalue weighted by atomic mass is 9.85. The number of nitrogens with two attached hydrogens (primary N) is 1. The molecule has 2 fully saturated rings. The maximum atomic E-state index is 12.4. The highest BCUT2D eigenvalue weighted by molar-refractivity contribution is 7.92. The average Bonchev–Trinajstić information content (AvgIpc) is 2.40. The highest BCUT2D eigenvalue weighted by Crippen LogP contribution is 2.29. The summed E-state index contributed by atoms with van der Waals surface area (Å²) in [7, 11) is -2.96. The third-order valence-corrected chi connectivity index (χ3v) is 7.08. The average molecular weight is 273 g/mol. The topological polar surface area (TPSA) is 60.2 Å². The molecule has 0 amide bonds. The van der Waals surface area contributed by atoms with Crippen LogP contribution in [0.2, 0.25) is 0 Å². The first-order chi connectivity index (χ1) is 8.59. The van der Waals surface area contributed by atoms with Gasteiger partial charge in [0.15, 0.2) is 9.84 Å². The van der Waals surface area contributed by atoms with Gasteiger partial charge in [-0.05, 0) is 31.6 Å². The van der Waals surface area contributed by atoms with E-state index in [-0.39, 0.29) is 17.0 Å². The van der Waals surface area contributed by atoms with Gasteiger partial charge in [-0.1, -0.05) is 38.5 Å². The van der Waals surface area contributed by atoms with Gasteiger partial charge in [-0.15, -0.1) is 0 Å². The van der Waals surface area contributed by atoms with E-state index in [9.17, 15) is 8.42 Å². The Kier molecular flexibility index (Phi) is 5.07. The third-order valence-electron chi connectivity index (χ3n) is 4.74. The van der Waals surface area contributed by atoms with Crippen molar-refractivity contribution in [3.63, 3.8) is 0 Å². The maximum absolute atomic E-state index is 12.4. The lowest BCUT2D eigenvalue weighted by molar-refractivity contribution is 0.316. The Balaban J connectivity index is 1.89. The van der Waals surface area contributed by atoms with Crippen LogP contribution in [0.15, 0.2) is 0 Å². The van der Waals surface area contributed by atoms with E-state index in [2.05, 4.69) is 0 Å². The van der Waals surface area contributed by atoms with Gasteiger partial charge in [0.1, 0.15) is 0 Å². The molecule has 4 heteroatoms. The minimum atomic E-state index is -2.96. The summed E-state index contributed by atoms with van der Waals surface area (Å²) in [6.45, 7) is 0. The highest BCUT2D eigenvalue weighted by Gasteiger charge is 2.31. The van der Waals surface area contributed by atoms with Crippen LogP contribution in [0.1, 0.15) is 64.2 Å². The van der Waals surface area contributed by atoms with Gasteiger partial charge in [0, 0.05) is 6.04 Å². The van der Waals surface area contributed by atoms with Gasteiger partial charge >= 0.3 is 0 Å². The van der Waals surface area contributed by atoms with E-state index < -0.39 is 9.84 Å². The Hall–Kier alpha value is -0.0900. The Morgan fingerprint density at radius 3 is 1.94 bits per heavy atom. The molecule has 3 nitrogen and oxygen atoms in total. The van der Waals surface area contributed by atoms with E-state index in [0.717, 1.165) is 38.5 Å². The number of hydrogen-bond acceptors (Lipinski definition) is 3. The van der Waals surface area contributed by atoms with Crippen molar-refractivity contribution < 1.29 is 8.42 Å². The molecule has 1 atom stereocenters. The van der Waals surface area contributed by atoms with Gasteiger partial charge in [-0.2, -0.15) is 0 Å². The standard InChI is InChI=1S/C14H27NO2S/c15-14(12-7-3-1-4-8-12)11-18(16,17)13-9-5-2-6-10-13/h12-14H,1-11,15H2. The van der Waals surface area contributed by atoms with Crippen molar-refractivity contribution in [1.82, 2.24) is 0 Å². The lowest BCUT2D eigenvalue weighted by Gasteiger charge is -2.29. The van der Waals surface area contributed by atoms with Gasteiger partial charge in [0.05, 0.1) is 11.0 Å². The Bertz CT molecular complexity index is 341. The smallest absolute Gasteiger partial charge is 0.154 e. The molecule has 2 aliphatic carbocycles. The molecule has 2 saturated carbocycles. The van der Waals surface area contributed by atoms with E-state index >= 15 is 0 Å². The minimum Gasteiger partial charge on any atom is -0.327 e. The quantitative estimate of drug-likeness (QED) is 0.856. The fraction of sp³-hybridized carbons (Fsp3) is 1.00. The molecule has 106 valence electrons. The van der Waals surface area contributed by atoms with Crippen LogP contribution in [0.5, 0.6) is 0 Å². The Morgan fingerprint density at radius 1 is 0.889 bits per heavy atom. The van der Waals surface area contributed by atoms with Gasteiger partial charge in [0.25, 0.3) is 0 Å². The summed E-state index contributed by atoms with van der Waals surface area (Å²) in [6, 6.07) is -0.128. The first kappa shape index (κ1) is 14.3. The summed E-state index contributed by atoms with van der Waals surface area (Å²) in [5.74, 6) is 0.666. The molecule has 1 unspecified atom stereocenters. The molecule has 0 spiro atoms. The van der Waals surface area contributed by atoms with E-state index in [0.29, 0.717) is 5.92 Å². The van der Waals surface area contributed by atoms with Gasteiger partial charge in [-0.25, -0.2) is 8.42 Å². The van der Waals surface area contributed by atoms with Gasteiger partial charge in [0.2, 0.25) is 0 Å². The molecule has 0 bridgehead atoms. The SMILES string of the molecule is NC(CS(=O)(=O)C1CCCCC1)C1CCCCC1. The zero-order chi connectivity index (χ0) is 13.0. The number of sulfone groups is 1. The predicted molar refractivity (Wildman–Crippen MR) is 75.2 cm³/mol. The lowest BCUT2D eigenvalue weighted by Crippen LogP contribution is -2.41. The molecule has 18 heavy (non-hydrogen) atoms. The first-order valence-corrected chi connectivity index (χ1v) is 9.28. The van der Waals surface area contributed by atoms with Gasteiger partial charge < -0.3 is 5.73 Å². The molecule has 0 aromatic carbocycles. The van der Waals surface area contributed by atoms with Crippen molar-refractivity contribution in [2.75, 3.05) is 5.75 Å². The normalized spacial score (nSPS) is 26.1. The van der Waals surface area contributed by atoms with Crippen LogP contribution in [0, 0.1) is 5.92 Å². The van der Waals surface area contributed by atoms with Crippen LogP contribution >= 0.6 is 0 Å². The molecule has 0 aromatic heterocycles. The van der Waals surface area contributed by atoms with E-state index in [1.165, 1.54) is 25.7 Å². The van der Waals surface area contributed by atoms with Crippen molar-refractivity contribution in [2.45, 2.75) is 75.5 Å². The molecular formula is C14H27NO2S. The zero-order valence-corrected chi connectivity index (χ0v) is 12.1. The monoisotopic (exact) mass is 273 g/mol. The maximum Gasteiger partial charge on any atom is 0.154 e. The Morgan fingerprint density at radius 2 is 1.39 bits per heavy atom. The third kappa shape index (κ3) is 3.70. The fourth-order valence-corrected chi connectivity index (χ4v) is 5.66. The minimum absolute atomic E-state index is 0.0964. The van der Waals surface area contributed by atoms with E-state index in [4.69, 9.17) is 5.73 Å². The van der Waals surface area contributed by atoms with Crippen molar-refractivity contribution in [1.29, 1.82) is 0 Å². The molecular weight excluding hydrogens is 246 g/mol. The second-order valence-electron chi connectivity index (χ2n) is 6.15. The second-order valence-corrected chi connectivity index (χ2v) is 8.48. The molecule has 0 aliphatic heterocycles. The summed E-state index contributed by atoms with van der Waals surface area (Å²) in [5.41, 5.74) is 6.16. The van der Waals surface area contributed by atoms with Crippen molar-refractivity contribution in [2.24, 2.45) is 11.7 Å². The van der Waals surface area contributed by atoms with Crippen molar-refractivity contribution in [3.8, 4) is 0 Å². The molecule has 0 radical (unpaired) electrons. The van der Waals surface area contributed by atoms with E-state index in [1.54, 1.807) is 0 Å². The van der Waals surface area contributed by atoms with Crippen LogP contribution in [0.3, 0.4) is 0 Å². The summed E-state index contributed by atoms with van der Waals surface area (Å²) in [5, 5.41) is -0.0964. The molecule has 2 aliphatic rings. The summed E-state index contributed by atoms with van der Waals surface area (Å²) in [6.07, 6.45) is 11.1. The van der Waals surface area contributed by atoms with E-state index in [1.807, 2.05) is 0 Å². The van der Waals surface area contributed by atoms with Gasteiger partial charge in [-0.3, -0.25) is 0 Å². The van der Waals surface area contributed by atoms with Crippen molar-refractivity contribution in [3.05, 3.63) is 0 Å². The van der Waals surface area contributed by atoms with Crippen LogP contribution in [-0.4, -0.2) is 25.5 Å². The Labute approximate surface area is 111 Å². The number of hydrogen-bond donors (Lipinski definition) is 1. The van der Waals surface area contributed by atoms with Crippen LogP contribution in [0.25, 0.3) is 0 Å². The number of rotatable bonds is 4. The van der Waals surface area contributed by atoms with Crippen LogP contribution < -0.4 is 5.73 Å². The predicted octanol–water partition coefficient (Wildman–Crippen LogP) is 2.64. The molecule has 2 N–H and O–H groups in total. The second kappa shape index (κ2) is 6.38. The summed E-state index contributed by atoms with van der Waals surface area (Å²) >= 11 is 0. The summed E-state index contributed by atoms with van der Waals surface area (Å²) in [4.78, 5) is 0. The highest BCUT2D eigenvalue weighted by atomic mass is 32.2. The van der Waals surface area contributed by atoms with Crippen LogP contribution in [0.4, 0.5) is 0 Å². The molecule has 0 saturated heterocycles. The first-order valence-electron chi connectivity index (χ1n) is 7.57. The molecule has 2 rings (SSSR count). The molecule has 0 aromatic rings. The van der Waals surface area contributed by atoms with Crippen LogP contribution in [-0.2, 0) is 9.84 Å². The molecule has 0 heterocycles. The fourth-order valence-electron chi connectivity index (χ4n) is 3.53. The summed E-state index contributed by atoms with van der Waals surface area (Å²) < 4.78 is 24.7.